The summed E-state index contributed by atoms with van der Waals surface area (Å²) in [5, 5.41) is 19.7. The van der Waals surface area contributed by atoms with Crippen LogP contribution in [-0.4, -0.2) is 69.3 Å². The maximum atomic E-state index is 13.6. The van der Waals surface area contributed by atoms with Crippen molar-refractivity contribution in [3.05, 3.63) is 42.5 Å². The summed E-state index contributed by atoms with van der Waals surface area (Å²) >= 11 is 0. The molecule has 3 heterocycles. The molecule has 2 aromatic rings. The maximum Gasteiger partial charge on any atom is 0.307 e. The van der Waals surface area contributed by atoms with Gasteiger partial charge >= 0.3 is 5.97 Å². The molecule has 2 aromatic heterocycles. The van der Waals surface area contributed by atoms with Crippen LogP contribution in [0.25, 0.3) is 11.4 Å². The van der Waals surface area contributed by atoms with Crippen LogP contribution in [-0.2, 0) is 14.3 Å². The monoisotopic (exact) mass is 730 g/mol. The van der Waals surface area contributed by atoms with Gasteiger partial charge in [0.1, 0.15) is 6.33 Å². The number of fused-ring (bicyclic) bond motifs is 3. The maximum absolute atomic E-state index is 13.6. The van der Waals surface area contributed by atoms with Crippen molar-refractivity contribution in [3.8, 4) is 11.4 Å². The Morgan fingerprint density at radius 3 is 2.51 bits per heavy atom. The van der Waals surface area contributed by atoms with E-state index in [1.54, 1.807) is 12.5 Å². The number of carboxylic acid groups (broad SMARTS) is 1. The number of hydrogen-bond donors (Lipinski definition) is 2. The van der Waals surface area contributed by atoms with Crippen LogP contribution in [0.5, 0.6) is 0 Å². The molecule has 0 amide bonds. The zero-order valence-electron chi connectivity index (χ0n) is 34.4. The highest BCUT2D eigenvalue weighted by Crippen LogP contribution is 2.75. The molecular formula is C44H67N5O4. The van der Waals surface area contributed by atoms with E-state index in [4.69, 9.17) is 19.6 Å². The van der Waals surface area contributed by atoms with Gasteiger partial charge in [0.2, 0.25) is 0 Å². The zero-order chi connectivity index (χ0) is 38.4. The predicted molar refractivity (Wildman–Crippen MR) is 208 cm³/mol. The van der Waals surface area contributed by atoms with Gasteiger partial charge in [-0.05, 0) is 110 Å². The molecule has 9 nitrogen and oxygen atoms in total. The van der Waals surface area contributed by atoms with Gasteiger partial charge in [0.05, 0.1) is 37.9 Å². The fourth-order valence-corrected chi connectivity index (χ4v) is 13.1. The smallest absolute Gasteiger partial charge is 0.307 e. The third kappa shape index (κ3) is 5.47. The van der Waals surface area contributed by atoms with E-state index in [2.05, 4.69) is 96.4 Å². The van der Waals surface area contributed by atoms with Gasteiger partial charge in [0.25, 0.3) is 0 Å². The molecular weight excluding hydrogens is 663 g/mol. The predicted octanol–water partition coefficient (Wildman–Crippen LogP) is 8.49. The summed E-state index contributed by atoms with van der Waals surface area (Å²) in [4.78, 5) is 22.9. The summed E-state index contributed by atoms with van der Waals surface area (Å²) in [6, 6.07) is 3.94. The molecule has 53 heavy (non-hydrogen) atoms. The van der Waals surface area contributed by atoms with E-state index in [1.807, 2.05) is 19.3 Å². The number of allylic oxidation sites excluding steroid dienone is 1. The van der Waals surface area contributed by atoms with E-state index in [9.17, 15) is 9.90 Å². The minimum Gasteiger partial charge on any atom is -0.481 e. The van der Waals surface area contributed by atoms with Crippen molar-refractivity contribution in [2.45, 2.75) is 125 Å². The standard InChI is InChI=1S/C44H67N5O4/c1-27(2)29(5)39(6)18-19-41(8)31-14-15-34-40(7)23-52-25-44(34,32(31)16-17-42(41,9)35(39)38(50)51)21-33(36(40)53-24-43(10,45-11)28(3)4)49-37(47-26-48-49)30-13-12-20-46-22-30/h12-13,16,20,22,26-29,31,33-36,45H,14-15,17-19,21,23-25H2,1-11H3,(H,50,51)/t29-,31+,33-,34-,35-,36+,39-,40-,41-,42+,43+,44+/m1/s1. The SMILES string of the molecule is CN[C@@](C)(CO[C@H]1[C@H](n2ncnc2-c2cccnc2)C[C@@]23COC[C@]1(C)[C@H]2CC[C@H]1C3=CC[C@@]2(C)[C@H](C(=O)O)[C@@](C)([C@H](C)C(C)C)CC[C@]12C)C(C)C. The lowest BCUT2D eigenvalue weighted by Gasteiger charge is -2.71. The van der Waals surface area contributed by atoms with Crippen LogP contribution >= 0.6 is 0 Å². The summed E-state index contributed by atoms with van der Waals surface area (Å²) in [6.45, 7) is 25.0. The Balaban J connectivity index is 1.35. The topological polar surface area (TPSA) is 111 Å². The first-order valence-electron chi connectivity index (χ1n) is 20.5. The van der Waals surface area contributed by atoms with E-state index in [1.165, 1.54) is 5.57 Å². The van der Waals surface area contributed by atoms with Crippen molar-refractivity contribution >= 4 is 5.97 Å². The molecule has 5 aliphatic rings. The summed E-state index contributed by atoms with van der Waals surface area (Å²) in [7, 11) is 2.04. The first-order valence-corrected chi connectivity index (χ1v) is 20.5. The van der Waals surface area contributed by atoms with E-state index < -0.39 is 11.9 Å². The Labute approximate surface area is 318 Å². The second-order valence-corrected chi connectivity index (χ2v) is 19.9. The lowest BCUT2D eigenvalue weighted by atomic mass is 9.34. The number of ether oxygens (including phenoxy) is 2. The van der Waals surface area contributed by atoms with Crippen molar-refractivity contribution in [1.29, 1.82) is 0 Å². The molecule has 0 radical (unpaired) electrons. The molecule has 12 atom stereocenters. The van der Waals surface area contributed by atoms with Crippen LogP contribution < -0.4 is 5.32 Å². The molecule has 2 N–H and O–H groups in total. The highest BCUT2D eigenvalue weighted by molar-refractivity contribution is 5.73. The number of carbonyl (C=O) groups is 1. The molecule has 0 aromatic carbocycles. The van der Waals surface area contributed by atoms with E-state index in [0.29, 0.717) is 49.4 Å². The number of nitrogens with one attached hydrogen (secondary N) is 1. The highest BCUT2D eigenvalue weighted by atomic mass is 16.5. The average Bonchev–Trinajstić information content (AvgIpc) is 3.61. The van der Waals surface area contributed by atoms with Gasteiger partial charge in [0.15, 0.2) is 5.82 Å². The number of likely N-dealkylation sites (N-methyl/N-ethyl adjacent to an activating group) is 1. The fourth-order valence-electron chi connectivity index (χ4n) is 13.1. The molecule has 7 rings (SSSR count). The first kappa shape index (κ1) is 38.6. The quantitative estimate of drug-likeness (QED) is 0.234. The Morgan fingerprint density at radius 1 is 1.11 bits per heavy atom. The largest absolute Gasteiger partial charge is 0.481 e. The van der Waals surface area contributed by atoms with Gasteiger partial charge < -0.3 is 19.9 Å². The molecule has 4 aliphatic carbocycles. The van der Waals surface area contributed by atoms with Crippen LogP contribution in [0, 0.1) is 62.6 Å². The minimum atomic E-state index is -0.618. The van der Waals surface area contributed by atoms with E-state index >= 15 is 0 Å². The van der Waals surface area contributed by atoms with Gasteiger partial charge in [-0.25, -0.2) is 9.67 Å². The number of nitrogens with zero attached hydrogens (tertiary/aromatic N) is 4. The summed E-state index contributed by atoms with van der Waals surface area (Å²) in [6.07, 6.45) is 13.5. The Hall–Kier alpha value is -2.62. The summed E-state index contributed by atoms with van der Waals surface area (Å²) < 4.78 is 16.3. The highest BCUT2D eigenvalue weighted by Gasteiger charge is 2.72. The van der Waals surface area contributed by atoms with Crippen LogP contribution in [0.4, 0.5) is 0 Å². The number of hydrogen-bond acceptors (Lipinski definition) is 7. The number of rotatable bonds is 10. The number of carboxylic acids is 1. The zero-order valence-corrected chi connectivity index (χ0v) is 34.4. The van der Waals surface area contributed by atoms with E-state index in [-0.39, 0.29) is 44.8 Å². The molecule has 9 heteroatoms. The third-order valence-corrected chi connectivity index (χ3v) is 17.3. The van der Waals surface area contributed by atoms with E-state index in [0.717, 1.165) is 49.9 Å². The molecule has 1 saturated heterocycles. The van der Waals surface area contributed by atoms with Crippen LogP contribution in [0.15, 0.2) is 42.5 Å². The van der Waals surface area contributed by atoms with Crippen LogP contribution in [0.1, 0.15) is 114 Å². The number of aliphatic carboxylic acids is 1. The Bertz CT molecular complexity index is 1710. The Morgan fingerprint density at radius 2 is 1.87 bits per heavy atom. The lowest BCUT2D eigenvalue weighted by Crippen LogP contribution is -2.69. The lowest BCUT2D eigenvalue weighted by molar-refractivity contribution is -0.253. The molecule has 0 unspecified atom stereocenters. The van der Waals surface area contributed by atoms with Gasteiger partial charge in [-0.15, -0.1) is 0 Å². The molecule has 3 saturated carbocycles. The van der Waals surface area contributed by atoms with Gasteiger partial charge in [-0.3, -0.25) is 9.78 Å². The minimum absolute atomic E-state index is 0.0832. The van der Waals surface area contributed by atoms with Gasteiger partial charge in [-0.2, -0.15) is 5.10 Å². The molecule has 2 bridgehead atoms. The Kier molecular flexibility index (Phi) is 9.67. The normalized spacial score (nSPS) is 41.2. The van der Waals surface area contributed by atoms with Crippen LogP contribution in [0.2, 0.25) is 0 Å². The summed E-state index contributed by atoms with van der Waals surface area (Å²) in [5.74, 6) is 1.55. The second kappa shape index (κ2) is 13.3. The second-order valence-electron chi connectivity index (χ2n) is 19.9. The average molecular weight is 730 g/mol. The van der Waals surface area contributed by atoms with Gasteiger partial charge in [-0.1, -0.05) is 74.0 Å². The van der Waals surface area contributed by atoms with Crippen molar-refractivity contribution < 1.29 is 19.4 Å². The molecule has 292 valence electrons. The molecule has 1 aliphatic heterocycles. The van der Waals surface area contributed by atoms with Gasteiger partial charge in [0, 0.05) is 34.3 Å². The number of pyridine rings is 1. The van der Waals surface area contributed by atoms with Crippen LogP contribution in [0.3, 0.4) is 0 Å². The first-order chi connectivity index (χ1) is 24.9. The number of aromatic nitrogens is 4. The fraction of sp³-hybridized carbons (Fsp3) is 0.773. The molecule has 0 spiro atoms. The van der Waals surface area contributed by atoms with Crippen molar-refractivity contribution in [3.63, 3.8) is 0 Å². The summed E-state index contributed by atoms with van der Waals surface area (Å²) in [5.41, 5.74) is 1.00. The van der Waals surface area contributed by atoms with Crippen molar-refractivity contribution in [1.82, 2.24) is 25.1 Å². The van der Waals surface area contributed by atoms with Crippen molar-refractivity contribution in [2.24, 2.45) is 62.6 Å². The molecule has 4 fully saturated rings. The van der Waals surface area contributed by atoms with Crippen molar-refractivity contribution in [2.75, 3.05) is 26.9 Å². The third-order valence-electron chi connectivity index (χ3n) is 17.3.